The van der Waals surface area contributed by atoms with E-state index in [1.165, 1.54) is 37.4 Å². The number of amides is 3. The van der Waals surface area contributed by atoms with Crippen molar-refractivity contribution in [2.45, 2.75) is 50.6 Å². The number of pyridine rings is 3. The molecule has 506 valence electrons. The summed E-state index contributed by atoms with van der Waals surface area (Å²) in [5, 5.41) is 20.2. The molecule has 24 heteroatoms. The molecule has 5 aromatic carbocycles. The van der Waals surface area contributed by atoms with Crippen LogP contribution in [-0.2, 0) is 56.2 Å². The zero-order valence-corrected chi connectivity index (χ0v) is 54.4. The van der Waals surface area contributed by atoms with Gasteiger partial charge in [-0.05, 0) is 47.1 Å². The lowest BCUT2D eigenvalue weighted by molar-refractivity contribution is 0.0566. The summed E-state index contributed by atoms with van der Waals surface area (Å²) in [7, 11) is 7.04. The van der Waals surface area contributed by atoms with Crippen molar-refractivity contribution in [2.75, 3.05) is 94.6 Å². The van der Waals surface area contributed by atoms with Gasteiger partial charge in [-0.2, -0.15) is 0 Å². The summed E-state index contributed by atoms with van der Waals surface area (Å²) in [5.41, 5.74) is 1.51. The quantitative estimate of drug-likeness (QED) is 0.0560. The Bertz CT molecular complexity index is 4260. The van der Waals surface area contributed by atoms with Gasteiger partial charge >= 0.3 is 17.9 Å². The molecule has 0 bridgehead atoms. The molecule has 3 aromatic heterocycles. The first kappa shape index (κ1) is 70.4. The van der Waals surface area contributed by atoms with Gasteiger partial charge in [0.2, 0.25) is 16.3 Å². The third-order valence-corrected chi connectivity index (χ3v) is 16.7. The van der Waals surface area contributed by atoms with Crippen LogP contribution in [-0.4, -0.2) is 169 Å². The van der Waals surface area contributed by atoms with Gasteiger partial charge in [0.15, 0.2) is 34.3 Å². The predicted molar refractivity (Wildman–Crippen MR) is 356 cm³/mol. The topological polar surface area (TPSA) is 283 Å². The summed E-state index contributed by atoms with van der Waals surface area (Å²) >= 11 is 0. The highest BCUT2D eigenvalue weighted by Crippen LogP contribution is 2.33. The minimum Gasteiger partial charge on any atom is -0.503 e. The van der Waals surface area contributed by atoms with Crippen molar-refractivity contribution in [3.8, 4) is 17.2 Å². The second kappa shape index (κ2) is 33.4. The number of esters is 2. The van der Waals surface area contributed by atoms with E-state index in [9.17, 15) is 53.4 Å². The van der Waals surface area contributed by atoms with Crippen LogP contribution < -0.4 is 25.8 Å². The van der Waals surface area contributed by atoms with Gasteiger partial charge < -0.3 is 71.8 Å². The van der Waals surface area contributed by atoms with Gasteiger partial charge in [-0.25, -0.2) is 14.4 Å². The zero-order valence-electron chi connectivity index (χ0n) is 54.4. The molecule has 0 saturated carbocycles. The molecule has 0 aliphatic carbocycles. The Hall–Kier alpha value is -11.0. The van der Waals surface area contributed by atoms with E-state index in [1.54, 1.807) is 38.1 Å². The molecule has 24 nitrogen and oxygen atoms in total. The molecule has 3 atom stereocenters. The van der Waals surface area contributed by atoms with E-state index in [4.69, 9.17) is 28.4 Å². The minimum atomic E-state index is -1.36. The van der Waals surface area contributed by atoms with Gasteiger partial charge in [-0.1, -0.05) is 152 Å². The molecule has 8 aromatic rings. The van der Waals surface area contributed by atoms with E-state index in [0.29, 0.717) is 78.4 Å². The minimum absolute atomic E-state index is 0.0286. The zero-order chi connectivity index (χ0) is 69.1. The number of aromatic hydroxyl groups is 1. The van der Waals surface area contributed by atoms with Crippen LogP contribution in [0.2, 0.25) is 0 Å². The number of carboxylic acids is 1. The van der Waals surface area contributed by atoms with Crippen molar-refractivity contribution >= 4 is 35.6 Å². The van der Waals surface area contributed by atoms with Gasteiger partial charge in [0.05, 0.1) is 52.2 Å². The lowest BCUT2D eigenvalue weighted by Crippen LogP contribution is -2.47. The largest absolute Gasteiger partial charge is 0.503 e. The maximum atomic E-state index is 13.6. The Morgan fingerprint density at radius 3 is 1.01 bits per heavy atom. The lowest BCUT2D eigenvalue weighted by atomic mass is 10.0. The van der Waals surface area contributed by atoms with Crippen molar-refractivity contribution in [1.82, 2.24) is 28.4 Å². The first-order valence-electron chi connectivity index (χ1n) is 31.3. The highest BCUT2D eigenvalue weighted by molar-refractivity contribution is 6.00. The molecule has 3 aliphatic heterocycles. The average Bonchev–Trinajstić information content (AvgIpc) is 0.766. The van der Waals surface area contributed by atoms with Crippen LogP contribution >= 0.6 is 0 Å². The van der Waals surface area contributed by atoms with Crippen LogP contribution in [0, 0.1) is 0 Å². The predicted octanol–water partition coefficient (Wildman–Crippen LogP) is 7.34. The van der Waals surface area contributed by atoms with Crippen LogP contribution in [0.4, 0.5) is 0 Å². The normalized spacial score (nSPS) is 15.3. The molecule has 0 unspecified atom stereocenters. The van der Waals surface area contributed by atoms with Crippen molar-refractivity contribution in [3.05, 3.63) is 263 Å². The molecule has 3 amide bonds. The molecular formula is C73H76N6O18. The Morgan fingerprint density at radius 2 is 0.691 bits per heavy atom. The van der Waals surface area contributed by atoms with Gasteiger partial charge in [0, 0.05) is 79.2 Å². The van der Waals surface area contributed by atoms with E-state index in [1.807, 2.05) is 152 Å². The third kappa shape index (κ3) is 16.8. The summed E-state index contributed by atoms with van der Waals surface area (Å²) in [6, 6.07) is 46.9. The number of ether oxygens (including phenoxy) is 7. The lowest BCUT2D eigenvalue weighted by Gasteiger charge is -2.37. The maximum Gasteiger partial charge on any atom is 0.343 e. The Morgan fingerprint density at radius 1 is 0.402 bits per heavy atom. The summed E-state index contributed by atoms with van der Waals surface area (Å²) < 4.78 is 41.6. The van der Waals surface area contributed by atoms with E-state index in [-0.39, 0.29) is 77.0 Å². The first-order valence-corrected chi connectivity index (χ1v) is 31.3. The van der Waals surface area contributed by atoms with Crippen LogP contribution in [0.3, 0.4) is 0 Å². The number of hydrogen-bond donors (Lipinski definition) is 2. The number of carbonyl (C=O) groups is 6. The number of carboxylic acid groups (broad SMARTS) is 1. The number of aromatic nitrogens is 3. The van der Waals surface area contributed by atoms with Crippen molar-refractivity contribution < 1.29 is 72.1 Å². The number of benzene rings is 5. The third-order valence-electron chi connectivity index (χ3n) is 16.7. The second-order valence-corrected chi connectivity index (χ2v) is 23.0. The fourth-order valence-electron chi connectivity index (χ4n) is 11.8. The number of carbonyl (C=O) groups excluding carboxylic acids is 5. The van der Waals surface area contributed by atoms with Gasteiger partial charge in [0.1, 0.15) is 29.9 Å². The van der Waals surface area contributed by atoms with Gasteiger partial charge in [-0.15, -0.1) is 0 Å². The summed E-state index contributed by atoms with van der Waals surface area (Å²) in [6.07, 6.45) is 5.69. The van der Waals surface area contributed by atoms with E-state index in [2.05, 4.69) is 4.74 Å². The van der Waals surface area contributed by atoms with E-state index < -0.39 is 57.3 Å². The fourth-order valence-corrected chi connectivity index (χ4v) is 11.8. The second-order valence-electron chi connectivity index (χ2n) is 23.0. The molecular weight excluding hydrogens is 1250 g/mol. The molecule has 0 saturated heterocycles. The molecule has 2 N–H and O–H groups in total. The highest BCUT2D eigenvalue weighted by Gasteiger charge is 2.40. The van der Waals surface area contributed by atoms with Crippen LogP contribution in [0.15, 0.2) is 185 Å². The monoisotopic (exact) mass is 1320 g/mol. The van der Waals surface area contributed by atoms with Crippen LogP contribution in [0.5, 0.6) is 17.2 Å². The van der Waals surface area contributed by atoms with Crippen LogP contribution in [0.25, 0.3) is 0 Å². The summed E-state index contributed by atoms with van der Waals surface area (Å²) in [5.74, 6) is -5.35. The molecule has 0 radical (unpaired) electrons. The van der Waals surface area contributed by atoms with E-state index in [0.717, 1.165) is 34.9 Å². The first-order chi connectivity index (χ1) is 47.0. The fraction of sp³-hybridized carbons (Fsp3) is 0.301. The Labute approximate surface area is 558 Å². The number of methoxy groups -OCH3 is 5. The SMILES string of the molecule is COCCN1C[C@H](Cc2ccccc2)n2cc(C(=O)O)c(=O)c(OCc3ccccc3)c2C1=O.COCCN1C[C@H](Cc2ccccc2)n2cc(C(=O)OC)c(=O)c(O)c2C1=O.COCCN1C[C@H](Cc2ccccc2)n2cc(C(=O)OC)c(=O)c(OCc3ccccc3)c2C1=O. The number of aromatic carboxylic acids is 1. The number of fused-ring (bicyclic) bond motifs is 3. The van der Waals surface area contributed by atoms with Crippen molar-refractivity contribution in [2.24, 2.45) is 0 Å². The summed E-state index contributed by atoms with van der Waals surface area (Å²) in [4.78, 5) is 120. The summed E-state index contributed by atoms with van der Waals surface area (Å²) in [6.45, 7) is 3.25. The average molecular weight is 1330 g/mol. The van der Waals surface area contributed by atoms with Crippen molar-refractivity contribution in [3.63, 3.8) is 0 Å². The Kier molecular flexibility index (Phi) is 24.3. The molecule has 97 heavy (non-hydrogen) atoms. The van der Waals surface area contributed by atoms with Gasteiger partial charge in [0.25, 0.3) is 17.7 Å². The Balaban J connectivity index is 0.000000172. The smallest absolute Gasteiger partial charge is 0.343 e. The number of rotatable bonds is 24. The molecule has 3 aliphatic rings. The standard InChI is InChI=1S/C27H28N2O6.C26H26N2O6.C20H22N2O6/c1-33-14-13-28-16-21(15-19-9-5-3-6-10-19)29-17-22(27(32)34-2)24(30)25(23(29)26(28)31)35-18-20-11-7-4-8-12-20;1-33-13-12-27-15-20(14-18-8-4-2-5-9-18)28-16-21(26(31)32)23(29)24(22(28)25(27)30)34-17-19-10-6-3-7-11-19;1-27-9-8-21-11-14(10-13-6-4-3-5-7-13)22-12-15(20(26)28-2)17(23)18(24)16(22)19(21)25/h3-12,17,21H,13-16,18H2,1-2H3;2-11,16,20H,12-15,17H2,1H3,(H,31,32);3-7,12,14,24H,8-11H2,1-2H3/t21-;20-;14-/m000/s1. The van der Waals surface area contributed by atoms with E-state index >= 15 is 0 Å². The molecule has 0 fully saturated rings. The van der Waals surface area contributed by atoms with Crippen LogP contribution in [0.1, 0.15) is 108 Å². The molecule has 11 rings (SSSR count). The maximum absolute atomic E-state index is 13.6. The number of hydrogen-bond acceptors (Lipinski definition) is 17. The highest BCUT2D eigenvalue weighted by atomic mass is 16.5. The van der Waals surface area contributed by atoms with Crippen molar-refractivity contribution in [1.29, 1.82) is 0 Å². The number of nitrogens with zero attached hydrogens (tertiary/aromatic N) is 6. The van der Waals surface area contributed by atoms with Gasteiger partial charge in [-0.3, -0.25) is 28.8 Å². The molecule has 6 heterocycles. The molecule has 0 spiro atoms.